The van der Waals surface area contributed by atoms with Crippen molar-refractivity contribution in [3.8, 4) is 0 Å². The summed E-state index contributed by atoms with van der Waals surface area (Å²) < 4.78 is 0. The molecule has 6 rings (SSSR count). The molecule has 0 aromatic carbocycles. The molecular weight excluding hydrogens is 502 g/mol. The summed E-state index contributed by atoms with van der Waals surface area (Å²) in [5, 5.41) is 36.2. The molecule has 12 atom stereocenters. The number of fused-ring (bicyclic) bond motifs is 5. The Morgan fingerprint density at radius 3 is 2.45 bits per heavy atom. The van der Waals surface area contributed by atoms with E-state index in [0.29, 0.717) is 48.1 Å². The number of carbonyl (C=O) groups excluding carboxylic acids is 1. The summed E-state index contributed by atoms with van der Waals surface area (Å²) in [6.07, 6.45) is 11.6. The van der Waals surface area contributed by atoms with E-state index in [9.17, 15) is 20.1 Å². The standard InChI is InChI=1S/C33H57N3O4/c1-21(7-10-30(40)36-16-14-35(15-17-36)29-6-4-5-13-34-29)24-8-9-25-31-26(20-28(39)33(24,25)3)32(2)12-11-23(37)18-22(32)19-27(31)38/h21-29,31,34,37-39H,4-20H2,1-3H3/p+1/t21-,22-,23-,24+,25-,26-,27-,28+,29?,31+,32+,33-/m1/s1. The number of rotatable bonds is 5. The molecule has 1 unspecified atom stereocenters. The van der Waals surface area contributed by atoms with Gasteiger partial charge in [0, 0.05) is 39.0 Å². The molecule has 5 N–H and O–H groups in total. The summed E-state index contributed by atoms with van der Waals surface area (Å²) >= 11 is 0. The van der Waals surface area contributed by atoms with Gasteiger partial charge in [-0.15, -0.1) is 0 Å². The van der Waals surface area contributed by atoms with Crippen LogP contribution in [0.2, 0.25) is 0 Å². The van der Waals surface area contributed by atoms with Gasteiger partial charge in [-0.05, 0) is 111 Å². The fourth-order valence-corrected chi connectivity index (χ4v) is 11.4. The topological polar surface area (TPSA) is 101 Å². The number of hydrogen-bond acceptors (Lipinski definition) is 5. The van der Waals surface area contributed by atoms with E-state index in [1.165, 1.54) is 25.8 Å². The van der Waals surface area contributed by atoms with Crippen LogP contribution in [-0.4, -0.2) is 88.2 Å². The first-order valence-electron chi connectivity index (χ1n) is 17.0. The van der Waals surface area contributed by atoms with Crippen LogP contribution in [0, 0.1) is 46.3 Å². The van der Waals surface area contributed by atoms with Crippen molar-refractivity contribution >= 4 is 5.91 Å². The third-order valence-corrected chi connectivity index (χ3v) is 13.9. The second-order valence-electron chi connectivity index (χ2n) is 15.5. The third kappa shape index (κ3) is 4.98. The largest absolute Gasteiger partial charge is 0.393 e. The average Bonchev–Trinajstić information content (AvgIpc) is 3.32. The SMILES string of the molecule is C[C@H](CCC(=O)N1CCN(C2CCCC[NH2+]2)CC1)[C@@H]1CC[C@@H]2[C@@H]3[C@H](O)C[C@H]4C[C@H](O)CC[C@]4(C)[C@@H]3C[C@H](O)[C@@]21C. The maximum Gasteiger partial charge on any atom is 0.222 e. The molecule has 4 saturated carbocycles. The van der Waals surface area contributed by atoms with E-state index >= 15 is 0 Å². The summed E-state index contributed by atoms with van der Waals surface area (Å²) in [6.45, 7) is 12.0. The summed E-state index contributed by atoms with van der Waals surface area (Å²) in [7, 11) is 0. The number of quaternary nitrogens is 1. The molecule has 7 nitrogen and oxygen atoms in total. The van der Waals surface area contributed by atoms with Gasteiger partial charge >= 0.3 is 0 Å². The lowest BCUT2D eigenvalue weighted by molar-refractivity contribution is -0.717. The number of amides is 1. The van der Waals surface area contributed by atoms with Crippen LogP contribution < -0.4 is 5.32 Å². The van der Waals surface area contributed by atoms with Gasteiger partial charge in [-0.2, -0.15) is 0 Å². The van der Waals surface area contributed by atoms with Crippen molar-refractivity contribution in [2.75, 3.05) is 32.7 Å². The fraction of sp³-hybridized carbons (Fsp3) is 0.970. The highest BCUT2D eigenvalue weighted by Gasteiger charge is 2.65. The third-order valence-electron chi connectivity index (χ3n) is 13.9. The van der Waals surface area contributed by atoms with Crippen LogP contribution >= 0.6 is 0 Å². The minimum absolute atomic E-state index is 0.112. The molecule has 2 aliphatic heterocycles. The Morgan fingerprint density at radius 2 is 1.73 bits per heavy atom. The van der Waals surface area contributed by atoms with Crippen LogP contribution in [0.3, 0.4) is 0 Å². The van der Waals surface area contributed by atoms with Gasteiger partial charge in [0.2, 0.25) is 5.91 Å². The summed E-state index contributed by atoms with van der Waals surface area (Å²) in [5.74, 6) is 2.37. The van der Waals surface area contributed by atoms with Crippen LogP contribution in [0.1, 0.15) is 97.8 Å². The van der Waals surface area contributed by atoms with Crippen molar-refractivity contribution in [2.24, 2.45) is 46.3 Å². The molecule has 40 heavy (non-hydrogen) atoms. The van der Waals surface area contributed by atoms with Crippen LogP contribution in [-0.2, 0) is 4.79 Å². The Morgan fingerprint density at radius 1 is 0.950 bits per heavy atom. The number of nitrogens with zero attached hydrogens (tertiary/aromatic N) is 2. The van der Waals surface area contributed by atoms with E-state index in [1.54, 1.807) is 0 Å². The first-order chi connectivity index (χ1) is 19.1. The van der Waals surface area contributed by atoms with Crippen LogP contribution in [0.4, 0.5) is 0 Å². The highest BCUT2D eigenvalue weighted by Crippen LogP contribution is 2.68. The Balaban J connectivity index is 1.06. The number of piperidine rings is 1. The molecule has 2 saturated heterocycles. The first-order valence-corrected chi connectivity index (χ1v) is 17.0. The van der Waals surface area contributed by atoms with Crippen molar-refractivity contribution in [3.05, 3.63) is 0 Å². The number of hydrogen-bond donors (Lipinski definition) is 4. The zero-order valence-corrected chi connectivity index (χ0v) is 25.5. The van der Waals surface area contributed by atoms with Crippen molar-refractivity contribution in [1.29, 1.82) is 0 Å². The van der Waals surface area contributed by atoms with Crippen molar-refractivity contribution in [3.63, 3.8) is 0 Å². The predicted molar refractivity (Wildman–Crippen MR) is 155 cm³/mol. The van der Waals surface area contributed by atoms with E-state index in [2.05, 4.69) is 35.9 Å². The van der Waals surface area contributed by atoms with Crippen molar-refractivity contribution in [2.45, 2.75) is 122 Å². The summed E-state index contributed by atoms with van der Waals surface area (Å²) in [4.78, 5) is 17.9. The normalized spacial score (nSPS) is 48.6. The van der Waals surface area contributed by atoms with Gasteiger partial charge in [-0.3, -0.25) is 9.69 Å². The van der Waals surface area contributed by atoms with Crippen molar-refractivity contribution in [1.82, 2.24) is 9.80 Å². The van der Waals surface area contributed by atoms with Crippen molar-refractivity contribution < 1.29 is 25.4 Å². The lowest BCUT2D eigenvalue weighted by atomic mass is 9.43. The smallest absolute Gasteiger partial charge is 0.222 e. The van der Waals surface area contributed by atoms with Gasteiger partial charge in [-0.25, -0.2) is 0 Å². The Labute approximate surface area is 242 Å². The highest BCUT2D eigenvalue weighted by molar-refractivity contribution is 5.76. The van der Waals surface area contributed by atoms with Gasteiger partial charge < -0.3 is 25.5 Å². The molecule has 0 bridgehead atoms. The Bertz CT molecular complexity index is 904. The van der Waals surface area contributed by atoms with Crippen LogP contribution in [0.25, 0.3) is 0 Å². The van der Waals surface area contributed by atoms with E-state index in [0.717, 1.165) is 77.5 Å². The maximum absolute atomic E-state index is 13.2. The predicted octanol–water partition coefficient (Wildman–Crippen LogP) is 2.58. The molecular formula is C33H58N3O4+. The lowest BCUT2D eigenvalue weighted by Gasteiger charge is -2.63. The molecule has 228 valence electrons. The number of aliphatic hydroxyl groups is 3. The molecule has 4 aliphatic carbocycles. The maximum atomic E-state index is 13.2. The fourth-order valence-electron chi connectivity index (χ4n) is 11.4. The van der Waals surface area contributed by atoms with E-state index in [1.807, 2.05) is 0 Å². The molecule has 0 aromatic heterocycles. The molecule has 6 fully saturated rings. The summed E-state index contributed by atoms with van der Waals surface area (Å²) in [5.41, 5.74) is -0.0787. The molecule has 0 radical (unpaired) electrons. The second kappa shape index (κ2) is 11.4. The zero-order valence-electron chi connectivity index (χ0n) is 25.5. The van der Waals surface area contributed by atoms with Crippen LogP contribution in [0.15, 0.2) is 0 Å². The number of carbonyl (C=O) groups is 1. The Kier molecular flexibility index (Phi) is 8.37. The van der Waals surface area contributed by atoms with Gasteiger partial charge in [0.25, 0.3) is 0 Å². The quantitative estimate of drug-likeness (QED) is 0.414. The monoisotopic (exact) mass is 560 g/mol. The van der Waals surface area contributed by atoms with E-state index < -0.39 is 0 Å². The van der Waals surface area contributed by atoms with E-state index in [4.69, 9.17) is 0 Å². The van der Waals surface area contributed by atoms with Gasteiger partial charge in [0.15, 0.2) is 0 Å². The zero-order chi connectivity index (χ0) is 28.2. The molecule has 6 aliphatic rings. The number of piperazine rings is 1. The van der Waals surface area contributed by atoms with E-state index in [-0.39, 0.29) is 35.1 Å². The lowest BCUT2D eigenvalue weighted by Crippen LogP contribution is -2.95. The molecule has 0 spiro atoms. The van der Waals surface area contributed by atoms with Gasteiger partial charge in [-0.1, -0.05) is 20.8 Å². The molecule has 7 heteroatoms. The summed E-state index contributed by atoms with van der Waals surface area (Å²) in [6, 6.07) is 0. The van der Waals surface area contributed by atoms with Crippen LogP contribution in [0.5, 0.6) is 0 Å². The first kappa shape index (κ1) is 29.3. The molecule has 1 amide bonds. The second-order valence-corrected chi connectivity index (χ2v) is 15.5. The number of nitrogens with two attached hydrogens (primary N) is 1. The average molecular weight is 561 g/mol. The molecule has 2 heterocycles. The Hall–Kier alpha value is -0.730. The minimum Gasteiger partial charge on any atom is -0.393 e. The minimum atomic E-state index is -0.358. The van der Waals surface area contributed by atoms with Gasteiger partial charge in [0.05, 0.1) is 24.9 Å². The molecule has 0 aromatic rings. The number of aliphatic hydroxyl groups excluding tert-OH is 3. The van der Waals surface area contributed by atoms with Gasteiger partial charge in [0.1, 0.15) is 6.17 Å². The highest BCUT2D eigenvalue weighted by atomic mass is 16.3.